The van der Waals surface area contributed by atoms with Crippen molar-refractivity contribution in [2.75, 3.05) is 16.8 Å². The molecule has 1 atom stereocenters. The highest BCUT2D eigenvalue weighted by Gasteiger charge is 2.34. The van der Waals surface area contributed by atoms with E-state index in [0.717, 1.165) is 39.6 Å². The molecule has 30 heavy (non-hydrogen) atoms. The third kappa shape index (κ3) is 2.27. The summed E-state index contributed by atoms with van der Waals surface area (Å²) in [5.74, 6) is 1.79. The van der Waals surface area contributed by atoms with E-state index in [2.05, 4.69) is 86.8 Å². The van der Waals surface area contributed by atoms with Crippen LogP contribution in [-0.2, 0) is 0 Å². The van der Waals surface area contributed by atoms with E-state index in [9.17, 15) is 0 Å². The Labute approximate surface area is 174 Å². The van der Waals surface area contributed by atoms with Crippen LogP contribution >= 0.6 is 0 Å². The van der Waals surface area contributed by atoms with E-state index >= 15 is 0 Å². The molecule has 0 N–H and O–H groups in total. The summed E-state index contributed by atoms with van der Waals surface area (Å²) in [6, 6.07) is 21.1. The summed E-state index contributed by atoms with van der Waals surface area (Å²) in [6.07, 6.45) is 5.47. The third-order valence-electron chi connectivity index (χ3n) is 5.96. The van der Waals surface area contributed by atoms with Gasteiger partial charge >= 0.3 is 0 Å². The zero-order valence-electron chi connectivity index (χ0n) is 16.8. The Kier molecular flexibility index (Phi) is 3.56. The SMILES string of the molecule is CC1N(C)c2nccnc2N1c1ccc2c(c1)c1cccnc1n2-c1ccccc1. The molecule has 6 rings (SSSR count). The Morgan fingerprint density at radius 2 is 1.53 bits per heavy atom. The molecule has 1 unspecified atom stereocenters. The monoisotopic (exact) mass is 392 g/mol. The first-order valence-electron chi connectivity index (χ1n) is 10.0. The summed E-state index contributed by atoms with van der Waals surface area (Å²) in [4.78, 5) is 18.2. The van der Waals surface area contributed by atoms with Gasteiger partial charge in [0.2, 0.25) is 0 Å². The maximum Gasteiger partial charge on any atom is 0.178 e. The number of rotatable bonds is 2. The molecule has 0 saturated carbocycles. The lowest BCUT2D eigenvalue weighted by Gasteiger charge is -2.26. The molecule has 0 saturated heterocycles. The molecule has 0 radical (unpaired) electrons. The second-order valence-electron chi connectivity index (χ2n) is 7.56. The molecule has 6 heteroatoms. The Morgan fingerprint density at radius 3 is 2.37 bits per heavy atom. The topological polar surface area (TPSA) is 50.1 Å². The summed E-state index contributed by atoms with van der Waals surface area (Å²) >= 11 is 0. The van der Waals surface area contributed by atoms with E-state index < -0.39 is 0 Å². The number of hydrogen-bond donors (Lipinski definition) is 0. The molecule has 0 fully saturated rings. The van der Waals surface area contributed by atoms with Gasteiger partial charge in [0.05, 0.1) is 5.52 Å². The maximum absolute atomic E-state index is 4.70. The Bertz CT molecular complexity index is 1390. The number of fused-ring (bicyclic) bond motifs is 4. The summed E-state index contributed by atoms with van der Waals surface area (Å²) in [6.45, 7) is 2.17. The van der Waals surface area contributed by atoms with Gasteiger partial charge < -0.3 is 9.80 Å². The number of para-hydroxylation sites is 1. The van der Waals surface area contributed by atoms with E-state index in [1.54, 1.807) is 12.4 Å². The minimum atomic E-state index is 0.125. The van der Waals surface area contributed by atoms with E-state index in [-0.39, 0.29) is 6.17 Å². The van der Waals surface area contributed by atoms with E-state index in [4.69, 9.17) is 4.98 Å². The molecular formula is C24H20N6. The van der Waals surface area contributed by atoms with Crippen molar-refractivity contribution in [3.8, 4) is 5.69 Å². The highest BCUT2D eigenvalue weighted by molar-refractivity contribution is 6.09. The molecule has 6 nitrogen and oxygen atoms in total. The summed E-state index contributed by atoms with van der Waals surface area (Å²) in [7, 11) is 2.06. The van der Waals surface area contributed by atoms with Crippen LogP contribution in [0.15, 0.2) is 79.3 Å². The van der Waals surface area contributed by atoms with Crippen molar-refractivity contribution < 1.29 is 0 Å². The zero-order chi connectivity index (χ0) is 20.2. The predicted molar refractivity (Wildman–Crippen MR) is 121 cm³/mol. The van der Waals surface area contributed by atoms with Crippen molar-refractivity contribution in [2.24, 2.45) is 0 Å². The molecule has 146 valence electrons. The minimum absolute atomic E-state index is 0.125. The van der Waals surface area contributed by atoms with Crippen LogP contribution in [0.1, 0.15) is 6.92 Å². The van der Waals surface area contributed by atoms with Gasteiger partial charge in [0.25, 0.3) is 0 Å². The molecule has 0 spiro atoms. The zero-order valence-corrected chi connectivity index (χ0v) is 16.8. The van der Waals surface area contributed by atoms with E-state index in [1.807, 2.05) is 18.3 Å². The quantitative estimate of drug-likeness (QED) is 0.428. The van der Waals surface area contributed by atoms with Crippen LogP contribution in [0.5, 0.6) is 0 Å². The second kappa shape index (κ2) is 6.29. The van der Waals surface area contributed by atoms with Gasteiger partial charge in [-0.15, -0.1) is 0 Å². The van der Waals surface area contributed by atoms with Crippen molar-refractivity contribution in [1.29, 1.82) is 0 Å². The Balaban J connectivity index is 1.61. The fourth-order valence-electron chi connectivity index (χ4n) is 4.43. The number of anilines is 3. The van der Waals surface area contributed by atoms with Crippen LogP contribution in [0.3, 0.4) is 0 Å². The van der Waals surface area contributed by atoms with Gasteiger partial charge in [-0.05, 0) is 49.4 Å². The van der Waals surface area contributed by atoms with Crippen LogP contribution in [-0.4, -0.2) is 32.7 Å². The summed E-state index contributed by atoms with van der Waals surface area (Å²) in [5.41, 5.74) is 4.30. The van der Waals surface area contributed by atoms with Crippen LogP contribution < -0.4 is 9.80 Å². The Hall–Kier alpha value is -3.93. The van der Waals surface area contributed by atoms with Crippen molar-refractivity contribution in [1.82, 2.24) is 19.5 Å². The van der Waals surface area contributed by atoms with Crippen molar-refractivity contribution in [3.63, 3.8) is 0 Å². The lowest BCUT2D eigenvalue weighted by molar-refractivity contribution is 0.727. The average Bonchev–Trinajstić information content (AvgIpc) is 3.26. The van der Waals surface area contributed by atoms with Crippen molar-refractivity contribution in [2.45, 2.75) is 13.1 Å². The highest BCUT2D eigenvalue weighted by atomic mass is 15.4. The predicted octanol–water partition coefficient (Wildman–Crippen LogP) is 4.90. The number of pyridine rings is 1. The minimum Gasteiger partial charge on any atom is -0.336 e. The van der Waals surface area contributed by atoms with Gasteiger partial charge in [-0.2, -0.15) is 0 Å². The molecule has 2 aromatic carbocycles. The van der Waals surface area contributed by atoms with E-state index in [1.165, 1.54) is 5.39 Å². The standard InChI is InChI=1S/C24H20N6/c1-16-28(2)23-24(27-14-13-26-23)29(16)18-10-11-21-20(15-18)19-9-6-12-25-22(19)30(21)17-7-4-3-5-8-17/h3-16H,1-2H3. The second-order valence-corrected chi connectivity index (χ2v) is 7.56. The summed E-state index contributed by atoms with van der Waals surface area (Å²) < 4.78 is 2.22. The molecule has 0 bridgehead atoms. The number of hydrogen-bond acceptors (Lipinski definition) is 5. The smallest absolute Gasteiger partial charge is 0.178 e. The van der Waals surface area contributed by atoms with Crippen LogP contribution in [0.4, 0.5) is 17.3 Å². The molecule has 5 aromatic rings. The molecule has 4 heterocycles. The highest BCUT2D eigenvalue weighted by Crippen LogP contribution is 2.42. The van der Waals surface area contributed by atoms with Gasteiger partial charge in [0.15, 0.2) is 11.6 Å². The van der Waals surface area contributed by atoms with Crippen molar-refractivity contribution in [3.05, 3.63) is 79.3 Å². The first kappa shape index (κ1) is 17.0. The lowest BCUT2D eigenvalue weighted by atomic mass is 10.1. The number of aromatic nitrogens is 4. The van der Waals surface area contributed by atoms with Gasteiger partial charge in [-0.1, -0.05) is 18.2 Å². The third-order valence-corrected chi connectivity index (χ3v) is 5.96. The number of benzene rings is 2. The van der Waals surface area contributed by atoms with Gasteiger partial charge in [-0.25, -0.2) is 15.0 Å². The van der Waals surface area contributed by atoms with Gasteiger partial charge in [0.1, 0.15) is 11.8 Å². The van der Waals surface area contributed by atoms with Gasteiger partial charge in [-0.3, -0.25) is 4.57 Å². The lowest BCUT2D eigenvalue weighted by Crippen LogP contribution is -2.35. The van der Waals surface area contributed by atoms with Crippen LogP contribution in [0.25, 0.3) is 27.6 Å². The Morgan fingerprint density at radius 1 is 0.733 bits per heavy atom. The fourth-order valence-corrected chi connectivity index (χ4v) is 4.43. The molecular weight excluding hydrogens is 372 g/mol. The fraction of sp³-hybridized carbons (Fsp3) is 0.125. The molecule has 1 aliphatic rings. The molecule has 0 aliphatic carbocycles. The first-order valence-corrected chi connectivity index (χ1v) is 10.0. The molecule has 0 amide bonds. The first-order chi connectivity index (χ1) is 14.7. The summed E-state index contributed by atoms with van der Waals surface area (Å²) in [5, 5.41) is 2.31. The van der Waals surface area contributed by atoms with Crippen molar-refractivity contribution >= 4 is 39.3 Å². The largest absolute Gasteiger partial charge is 0.336 e. The van der Waals surface area contributed by atoms with E-state index in [0.29, 0.717) is 0 Å². The van der Waals surface area contributed by atoms with Crippen LogP contribution in [0.2, 0.25) is 0 Å². The van der Waals surface area contributed by atoms with Gasteiger partial charge in [0, 0.05) is 47.8 Å². The molecule has 1 aliphatic heterocycles. The maximum atomic E-state index is 4.70. The normalized spacial score (nSPS) is 15.9. The number of nitrogens with zero attached hydrogens (tertiary/aromatic N) is 6. The van der Waals surface area contributed by atoms with Crippen LogP contribution in [0, 0.1) is 0 Å². The average molecular weight is 392 g/mol. The molecule has 3 aromatic heterocycles.